The molecule has 1 aromatic heterocycles. The van der Waals surface area contributed by atoms with E-state index in [0.717, 1.165) is 12.7 Å². The Kier molecular flexibility index (Phi) is 3.69. The van der Waals surface area contributed by atoms with E-state index in [4.69, 9.17) is 0 Å². The lowest BCUT2D eigenvalue weighted by atomic mass is 10.2. The highest BCUT2D eigenvalue weighted by Crippen LogP contribution is 2.22. The van der Waals surface area contributed by atoms with Crippen molar-refractivity contribution in [3.63, 3.8) is 0 Å². The summed E-state index contributed by atoms with van der Waals surface area (Å²) >= 11 is 0. The number of nitrogens with one attached hydrogen (secondary N) is 1. The zero-order valence-corrected chi connectivity index (χ0v) is 9.94. The minimum Gasteiger partial charge on any atom is -0.354 e. The first-order chi connectivity index (χ1) is 8.56. The van der Waals surface area contributed by atoms with Crippen LogP contribution in [-0.2, 0) is 4.79 Å². The van der Waals surface area contributed by atoms with Crippen LogP contribution in [-0.4, -0.2) is 35.0 Å². The highest BCUT2D eigenvalue weighted by atomic mass is 19.3. The molecule has 1 unspecified atom stereocenters. The lowest BCUT2D eigenvalue weighted by Gasteiger charge is -2.17. The Bertz CT molecular complexity index is 441. The summed E-state index contributed by atoms with van der Waals surface area (Å²) in [4.78, 5) is 20.3. The largest absolute Gasteiger partial charge is 0.354 e. The zero-order valence-electron chi connectivity index (χ0n) is 9.94. The first-order valence-electron chi connectivity index (χ1n) is 5.68. The van der Waals surface area contributed by atoms with Gasteiger partial charge >= 0.3 is 0 Å². The Morgan fingerprint density at radius 2 is 2.33 bits per heavy atom. The number of hydrogen-bond acceptors (Lipinski definition) is 4. The number of amides is 1. The monoisotopic (exact) mass is 256 g/mol. The lowest BCUT2D eigenvalue weighted by molar-refractivity contribution is -0.119. The van der Waals surface area contributed by atoms with E-state index in [1.807, 2.05) is 4.90 Å². The fraction of sp³-hybridized carbons (Fsp3) is 0.545. The van der Waals surface area contributed by atoms with Gasteiger partial charge in [-0.05, 0) is 6.42 Å². The molecule has 98 valence electrons. The van der Waals surface area contributed by atoms with E-state index >= 15 is 0 Å². The number of alkyl halides is 2. The van der Waals surface area contributed by atoms with Gasteiger partial charge in [-0.25, -0.2) is 18.7 Å². The number of carbonyl (C=O) groups is 1. The highest BCUT2D eigenvalue weighted by molar-refractivity contribution is 5.73. The molecule has 0 aromatic carbocycles. The van der Waals surface area contributed by atoms with Gasteiger partial charge in [0.05, 0.1) is 0 Å². The molecule has 1 atom stereocenters. The molecule has 0 radical (unpaired) electrons. The topological polar surface area (TPSA) is 58.1 Å². The first kappa shape index (κ1) is 12.7. The fourth-order valence-electron chi connectivity index (χ4n) is 2.03. The molecule has 1 amide bonds. The maximum Gasteiger partial charge on any atom is 0.280 e. The van der Waals surface area contributed by atoms with Crippen molar-refractivity contribution in [2.75, 3.05) is 18.0 Å². The van der Waals surface area contributed by atoms with Gasteiger partial charge in [-0.2, -0.15) is 0 Å². The van der Waals surface area contributed by atoms with Gasteiger partial charge in [0.1, 0.15) is 17.8 Å². The number of aromatic nitrogens is 2. The van der Waals surface area contributed by atoms with Crippen LogP contribution in [0.25, 0.3) is 0 Å². The molecular formula is C11H14F2N4O. The Hall–Kier alpha value is -1.79. The summed E-state index contributed by atoms with van der Waals surface area (Å²) in [6.45, 7) is 2.73. The third-order valence-electron chi connectivity index (χ3n) is 2.82. The Morgan fingerprint density at radius 3 is 3.00 bits per heavy atom. The minimum atomic E-state index is -2.60. The second-order valence-corrected chi connectivity index (χ2v) is 4.23. The molecule has 1 saturated heterocycles. The zero-order chi connectivity index (χ0) is 13.1. The molecule has 1 aromatic rings. The molecule has 2 rings (SSSR count). The molecule has 0 saturated carbocycles. The van der Waals surface area contributed by atoms with E-state index in [9.17, 15) is 13.6 Å². The van der Waals surface area contributed by atoms with Crippen molar-refractivity contribution in [3.05, 3.63) is 18.1 Å². The maximum atomic E-state index is 12.5. The molecule has 1 aliphatic heterocycles. The Morgan fingerprint density at radius 1 is 1.56 bits per heavy atom. The highest BCUT2D eigenvalue weighted by Gasteiger charge is 2.24. The molecular weight excluding hydrogens is 242 g/mol. The van der Waals surface area contributed by atoms with Crippen molar-refractivity contribution >= 4 is 11.7 Å². The number of anilines is 1. The first-order valence-corrected chi connectivity index (χ1v) is 5.68. The van der Waals surface area contributed by atoms with Gasteiger partial charge in [-0.3, -0.25) is 4.79 Å². The van der Waals surface area contributed by atoms with Crippen LogP contribution in [0.3, 0.4) is 0 Å². The van der Waals surface area contributed by atoms with Crippen LogP contribution in [0.15, 0.2) is 12.4 Å². The van der Waals surface area contributed by atoms with E-state index in [1.54, 1.807) is 0 Å². The van der Waals surface area contributed by atoms with E-state index in [-0.39, 0.29) is 17.6 Å². The van der Waals surface area contributed by atoms with Crippen LogP contribution >= 0.6 is 0 Å². The third kappa shape index (κ3) is 2.91. The van der Waals surface area contributed by atoms with Gasteiger partial charge in [0.25, 0.3) is 6.43 Å². The summed E-state index contributed by atoms with van der Waals surface area (Å²) in [5.41, 5.74) is -0.275. The third-order valence-corrected chi connectivity index (χ3v) is 2.82. The summed E-state index contributed by atoms with van der Waals surface area (Å²) in [5, 5.41) is 2.81. The second-order valence-electron chi connectivity index (χ2n) is 4.23. The van der Waals surface area contributed by atoms with Gasteiger partial charge < -0.3 is 10.2 Å². The normalized spacial score (nSPS) is 19.3. The lowest BCUT2D eigenvalue weighted by Crippen LogP contribution is -2.35. The van der Waals surface area contributed by atoms with Gasteiger partial charge in [-0.1, -0.05) is 0 Å². The molecule has 0 bridgehead atoms. The molecule has 5 nitrogen and oxygen atoms in total. The molecule has 7 heteroatoms. The summed E-state index contributed by atoms with van der Waals surface area (Å²) in [6.07, 6.45) is -0.670. The molecule has 1 aliphatic rings. The number of nitrogens with zero attached hydrogens (tertiary/aromatic N) is 3. The van der Waals surface area contributed by atoms with Crippen LogP contribution in [0, 0.1) is 0 Å². The standard InChI is InChI=1S/C11H14F2N4O/c1-7(18)16-8-2-3-17(5-8)10-4-9(11(12)13)14-6-15-10/h4,6,8,11H,2-3,5H2,1H3,(H,16,18). The van der Waals surface area contributed by atoms with Crippen LogP contribution in [0.4, 0.5) is 14.6 Å². The minimum absolute atomic E-state index is 0.0486. The number of hydrogen-bond donors (Lipinski definition) is 1. The van der Waals surface area contributed by atoms with Crippen molar-refractivity contribution in [2.45, 2.75) is 25.8 Å². The summed E-state index contributed by atoms with van der Waals surface area (Å²) in [7, 11) is 0. The predicted molar refractivity (Wildman–Crippen MR) is 61.4 cm³/mol. The van der Waals surface area contributed by atoms with Gasteiger partial charge in [0.2, 0.25) is 5.91 Å². The quantitative estimate of drug-likeness (QED) is 0.880. The average molecular weight is 256 g/mol. The van der Waals surface area contributed by atoms with Gasteiger partial charge in [0, 0.05) is 32.1 Å². The molecule has 18 heavy (non-hydrogen) atoms. The summed E-state index contributed by atoms with van der Waals surface area (Å²) < 4.78 is 25.0. The molecule has 0 aliphatic carbocycles. The Balaban J connectivity index is 2.05. The Labute approximate surface area is 103 Å². The number of halogens is 2. The van der Waals surface area contributed by atoms with Crippen molar-refractivity contribution in [3.8, 4) is 0 Å². The van der Waals surface area contributed by atoms with E-state index < -0.39 is 6.43 Å². The molecule has 1 fully saturated rings. The second kappa shape index (κ2) is 5.24. The fourth-order valence-corrected chi connectivity index (χ4v) is 2.03. The van der Waals surface area contributed by atoms with Crippen LogP contribution in [0.5, 0.6) is 0 Å². The average Bonchev–Trinajstić information content (AvgIpc) is 2.77. The van der Waals surface area contributed by atoms with Crippen LogP contribution in [0.2, 0.25) is 0 Å². The SMILES string of the molecule is CC(=O)NC1CCN(c2cc(C(F)F)ncn2)C1. The maximum absolute atomic E-state index is 12.5. The van der Waals surface area contributed by atoms with Gasteiger partial charge in [-0.15, -0.1) is 0 Å². The van der Waals surface area contributed by atoms with Gasteiger partial charge in [0.15, 0.2) is 0 Å². The van der Waals surface area contributed by atoms with Crippen molar-refractivity contribution in [1.29, 1.82) is 0 Å². The number of rotatable bonds is 3. The van der Waals surface area contributed by atoms with Crippen LogP contribution in [0.1, 0.15) is 25.5 Å². The van der Waals surface area contributed by atoms with Crippen molar-refractivity contribution in [2.24, 2.45) is 0 Å². The van der Waals surface area contributed by atoms with Crippen molar-refractivity contribution < 1.29 is 13.6 Å². The summed E-state index contributed by atoms with van der Waals surface area (Å²) in [5.74, 6) is 0.394. The van der Waals surface area contributed by atoms with E-state index in [0.29, 0.717) is 18.9 Å². The van der Waals surface area contributed by atoms with E-state index in [1.165, 1.54) is 13.0 Å². The predicted octanol–water partition coefficient (Wildman–Crippen LogP) is 1.13. The van der Waals surface area contributed by atoms with E-state index in [2.05, 4.69) is 15.3 Å². The summed E-state index contributed by atoms with van der Waals surface area (Å²) in [6, 6.07) is 1.34. The molecule has 1 N–H and O–H groups in total. The van der Waals surface area contributed by atoms with Crippen molar-refractivity contribution in [1.82, 2.24) is 15.3 Å². The number of carbonyl (C=O) groups excluding carboxylic acids is 1. The smallest absolute Gasteiger partial charge is 0.280 e. The van der Waals surface area contributed by atoms with Crippen LogP contribution < -0.4 is 10.2 Å². The molecule has 2 heterocycles. The molecule has 0 spiro atoms.